The summed E-state index contributed by atoms with van der Waals surface area (Å²) in [6.07, 6.45) is 1.64. The number of aromatic nitrogens is 3. The topological polar surface area (TPSA) is 80.1 Å². The molecule has 2 aromatic rings. The molecule has 1 aliphatic carbocycles. The van der Waals surface area contributed by atoms with Crippen LogP contribution in [0.4, 0.5) is 13.2 Å². The van der Waals surface area contributed by atoms with E-state index in [0.29, 0.717) is 17.9 Å². The van der Waals surface area contributed by atoms with Crippen LogP contribution in [-0.4, -0.2) is 32.7 Å². The van der Waals surface area contributed by atoms with Crippen LogP contribution in [0, 0.1) is 5.92 Å². The fourth-order valence-corrected chi connectivity index (χ4v) is 3.83. The summed E-state index contributed by atoms with van der Waals surface area (Å²) < 4.78 is 45.1. The number of aromatic amines is 1. The van der Waals surface area contributed by atoms with Gasteiger partial charge in [0.05, 0.1) is 19.6 Å². The second-order valence-corrected chi connectivity index (χ2v) is 7.15. The van der Waals surface area contributed by atoms with Crippen LogP contribution in [0.2, 0.25) is 0 Å². The lowest BCUT2D eigenvalue weighted by atomic mass is 9.78. The average Bonchev–Trinajstić information content (AvgIpc) is 3.13. The highest BCUT2D eigenvalue weighted by atomic mass is 19.4. The van der Waals surface area contributed by atoms with Crippen molar-refractivity contribution in [2.24, 2.45) is 5.92 Å². The highest BCUT2D eigenvalue weighted by molar-refractivity contribution is 5.29. The van der Waals surface area contributed by atoms with Gasteiger partial charge in [-0.15, -0.1) is 0 Å². The molecule has 0 spiro atoms. The van der Waals surface area contributed by atoms with Crippen molar-refractivity contribution >= 4 is 0 Å². The predicted octanol–water partition coefficient (Wildman–Crippen LogP) is 3.37. The number of nitrogens with zero attached hydrogens (tertiary/aromatic N) is 2. The van der Waals surface area contributed by atoms with E-state index in [2.05, 4.69) is 10.1 Å². The van der Waals surface area contributed by atoms with E-state index in [0.717, 1.165) is 31.4 Å². The van der Waals surface area contributed by atoms with E-state index in [-0.39, 0.29) is 30.5 Å². The third-order valence-electron chi connectivity index (χ3n) is 5.24. The Kier molecular flexibility index (Phi) is 6.43. The van der Waals surface area contributed by atoms with Gasteiger partial charge in [-0.05, 0) is 18.9 Å². The zero-order valence-electron chi connectivity index (χ0n) is 15.4. The van der Waals surface area contributed by atoms with E-state index in [1.807, 2.05) is 0 Å². The molecule has 2 atom stereocenters. The van der Waals surface area contributed by atoms with Gasteiger partial charge in [0, 0.05) is 48.1 Å². The largest absolute Gasteiger partial charge is 0.491 e. The number of rotatable bonds is 7. The third-order valence-corrected chi connectivity index (χ3v) is 5.24. The summed E-state index contributed by atoms with van der Waals surface area (Å²) in [5, 5.41) is 13.5. The number of H-pyrrole nitrogens is 1. The number of nitrogens with one attached hydrogen (secondary N) is 1. The first-order chi connectivity index (χ1) is 13.4. The smallest absolute Gasteiger partial charge is 0.390 e. The molecule has 1 aliphatic rings. The Balaban J connectivity index is 1.71. The molecule has 2 unspecified atom stereocenters. The van der Waals surface area contributed by atoms with E-state index in [4.69, 9.17) is 4.74 Å². The van der Waals surface area contributed by atoms with Gasteiger partial charge in [-0.2, -0.15) is 18.3 Å². The van der Waals surface area contributed by atoms with Crippen LogP contribution < -0.4 is 10.3 Å². The zero-order chi connectivity index (χ0) is 20.1. The van der Waals surface area contributed by atoms with Crippen LogP contribution in [0.1, 0.15) is 49.3 Å². The lowest BCUT2D eigenvalue weighted by Gasteiger charge is -2.32. The monoisotopic (exact) mass is 399 g/mol. The SMILES string of the molecule is O=c1cc(CO)c(OCC2CCCCC2c2ccnn2CCC(F)(F)F)c[nH]1. The number of hydrogen-bond donors (Lipinski definition) is 2. The van der Waals surface area contributed by atoms with E-state index in [1.54, 1.807) is 12.3 Å². The molecule has 28 heavy (non-hydrogen) atoms. The summed E-state index contributed by atoms with van der Waals surface area (Å²) >= 11 is 0. The average molecular weight is 399 g/mol. The molecule has 0 amide bonds. The van der Waals surface area contributed by atoms with Crippen molar-refractivity contribution in [1.82, 2.24) is 14.8 Å². The number of pyridine rings is 1. The van der Waals surface area contributed by atoms with Crippen LogP contribution in [0.5, 0.6) is 5.75 Å². The molecular formula is C19H24F3N3O3. The molecule has 0 bridgehead atoms. The standard InChI is InChI=1S/C19H24F3N3O3/c20-19(21,22)6-8-25-16(5-7-24-25)15-4-2-1-3-13(15)12-28-17-10-23-18(27)9-14(17)11-26/h5,7,9-10,13,15,26H,1-4,6,8,11-12H2,(H,23,27). The highest BCUT2D eigenvalue weighted by Crippen LogP contribution is 2.38. The molecule has 154 valence electrons. The lowest BCUT2D eigenvalue weighted by Crippen LogP contribution is -2.27. The first-order valence-corrected chi connectivity index (χ1v) is 9.41. The molecule has 6 nitrogen and oxygen atoms in total. The summed E-state index contributed by atoms with van der Waals surface area (Å²) in [4.78, 5) is 13.9. The van der Waals surface area contributed by atoms with E-state index < -0.39 is 12.6 Å². The molecule has 3 rings (SSSR count). The van der Waals surface area contributed by atoms with Gasteiger partial charge < -0.3 is 14.8 Å². The number of alkyl halides is 3. The van der Waals surface area contributed by atoms with Gasteiger partial charge in [0.1, 0.15) is 5.75 Å². The maximum Gasteiger partial charge on any atom is 0.390 e. The maximum atomic E-state index is 12.6. The van der Waals surface area contributed by atoms with Gasteiger partial charge in [0.25, 0.3) is 0 Å². The Morgan fingerprint density at radius 2 is 2.11 bits per heavy atom. The summed E-state index contributed by atoms with van der Waals surface area (Å²) in [5.41, 5.74) is 0.897. The van der Waals surface area contributed by atoms with Crippen molar-refractivity contribution in [3.8, 4) is 5.75 Å². The second-order valence-electron chi connectivity index (χ2n) is 7.15. The van der Waals surface area contributed by atoms with Crippen molar-refractivity contribution in [1.29, 1.82) is 0 Å². The van der Waals surface area contributed by atoms with E-state index in [1.165, 1.54) is 16.9 Å². The number of aliphatic hydroxyl groups excluding tert-OH is 1. The van der Waals surface area contributed by atoms with Gasteiger partial charge in [-0.25, -0.2) is 0 Å². The number of aliphatic hydroxyl groups is 1. The van der Waals surface area contributed by atoms with Crippen LogP contribution in [0.25, 0.3) is 0 Å². The van der Waals surface area contributed by atoms with Gasteiger partial charge in [-0.3, -0.25) is 9.48 Å². The minimum Gasteiger partial charge on any atom is -0.491 e. The molecule has 2 N–H and O–H groups in total. The Bertz CT molecular complexity index is 832. The van der Waals surface area contributed by atoms with Gasteiger partial charge in [-0.1, -0.05) is 12.8 Å². The van der Waals surface area contributed by atoms with Crippen LogP contribution >= 0.6 is 0 Å². The molecule has 0 aliphatic heterocycles. The molecule has 9 heteroatoms. The van der Waals surface area contributed by atoms with Crippen LogP contribution in [-0.2, 0) is 13.2 Å². The van der Waals surface area contributed by atoms with E-state index >= 15 is 0 Å². The van der Waals surface area contributed by atoms with Crippen molar-refractivity contribution in [3.63, 3.8) is 0 Å². The van der Waals surface area contributed by atoms with Crippen molar-refractivity contribution in [2.45, 2.75) is 57.3 Å². The number of aryl methyl sites for hydroxylation is 1. The molecule has 0 aromatic carbocycles. The third kappa shape index (κ3) is 5.15. The van der Waals surface area contributed by atoms with Crippen LogP contribution in [0.15, 0.2) is 29.3 Å². The summed E-state index contributed by atoms with van der Waals surface area (Å²) in [6, 6.07) is 3.08. The summed E-state index contributed by atoms with van der Waals surface area (Å²) in [7, 11) is 0. The summed E-state index contributed by atoms with van der Waals surface area (Å²) in [5.74, 6) is 0.593. The van der Waals surface area contributed by atoms with Crippen molar-refractivity contribution in [2.75, 3.05) is 6.61 Å². The molecule has 2 aromatic heterocycles. The predicted molar refractivity (Wildman–Crippen MR) is 96.1 cm³/mol. The quantitative estimate of drug-likeness (QED) is 0.748. The fraction of sp³-hybridized carbons (Fsp3) is 0.579. The molecule has 2 heterocycles. The Hall–Kier alpha value is -2.29. The lowest BCUT2D eigenvalue weighted by molar-refractivity contribution is -0.137. The minimum absolute atomic E-state index is 0.0600. The van der Waals surface area contributed by atoms with Crippen molar-refractivity contribution in [3.05, 3.63) is 46.1 Å². The zero-order valence-corrected chi connectivity index (χ0v) is 15.4. The van der Waals surface area contributed by atoms with Crippen molar-refractivity contribution < 1.29 is 23.0 Å². The highest BCUT2D eigenvalue weighted by Gasteiger charge is 2.31. The maximum absolute atomic E-state index is 12.6. The molecular weight excluding hydrogens is 375 g/mol. The first kappa shape index (κ1) is 20.4. The van der Waals surface area contributed by atoms with Gasteiger partial charge in [0.2, 0.25) is 5.56 Å². The normalized spacial score (nSPS) is 20.3. The first-order valence-electron chi connectivity index (χ1n) is 9.41. The number of halogens is 3. The number of hydrogen-bond acceptors (Lipinski definition) is 4. The molecule has 1 fully saturated rings. The fourth-order valence-electron chi connectivity index (χ4n) is 3.83. The molecule has 1 saturated carbocycles. The molecule has 0 radical (unpaired) electrons. The van der Waals surface area contributed by atoms with Gasteiger partial charge in [0.15, 0.2) is 0 Å². The Morgan fingerprint density at radius 1 is 1.32 bits per heavy atom. The second kappa shape index (κ2) is 8.81. The summed E-state index contributed by atoms with van der Waals surface area (Å²) in [6.45, 7) is -0.143. The molecule has 0 saturated heterocycles. The Morgan fingerprint density at radius 3 is 2.86 bits per heavy atom. The Labute approximate surface area is 160 Å². The number of ether oxygens (including phenoxy) is 1. The minimum atomic E-state index is -4.22. The van der Waals surface area contributed by atoms with Gasteiger partial charge >= 0.3 is 6.18 Å². The van der Waals surface area contributed by atoms with E-state index in [9.17, 15) is 23.1 Å². The van der Waals surface area contributed by atoms with Crippen LogP contribution in [0.3, 0.4) is 0 Å².